The molecule has 0 spiro atoms. The minimum atomic E-state index is 0.577. The van der Waals surface area contributed by atoms with E-state index in [1.165, 1.54) is 18.4 Å². The highest BCUT2D eigenvalue weighted by atomic mass is 79.9. The van der Waals surface area contributed by atoms with E-state index in [1.54, 1.807) is 0 Å². The molecule has 1 aliphatic heterocycles. The van der Waals surface area contributed by atoms with Crippen molar-refractivity contribution < 1.29 is 4.74 Å². The second-order valence-electron chi connectivity index (χ2n) is 5.93. The van der Waals surface area contributed by atoms with Gasteiger partial charge in [0.1, 0.15) is 12.4 Å². The number of benzene rings is 2. The van der Waals surface area contributed by atoms with Crippen LogP contribution in [-0.4, -0.2) is 19.1 Å². The van der Waals surface area contributed by atoms with Gasteiger partial charge in [-0.2, -0.15) is 0 Å². The zero-order valence-corrected chi connectivity index (χ0v) is 14.8. The van der Waals surface area contributed by atoms with Crippen LogP contribution >= 0.6 is 15.9 Å². The summed E-state index contributed by atoms with van der Waals surface area (Å²) in [5.41, 5.74) is 2.46. The van der Waals surface area contributed by atoms with E-state index >= 15 is 0 Å². The topological polar surface area (TPSA) is 33.3 Å². The standard InChI is InChI=1S/C19H23BrN2O/c20-19-4-2-1-3-16(19)14-23-18-7-5-15(6-8-18)13-22-17-9-11-21-12-10-17/h1-8,17,21-22H,9-14H2. The molecule has 2 aromatic rings. The first-order chi connectivity index (χ1) is 11.3. The fourth-order valence-electron chi connectivity index (χ4n) is 2.77. The van der Waals surface area contributed by atoms with Gasteiger partial charge in [0.2, 0.25) is 0 Å². The molecular formula is C19H23BrN2O. The Kier molecular flexibility index (Phi) is 6.08. The molecule has 0 saturated carbocycles. The van der Waals surface area contributed by atoms with Crippen LogP contribution in [0.1, 0.15) is 24.0 Å². The molecule has 4 heteroatoms. The Morgan fingerprint density at radius 3 is 2.52 bits per heavy atom. The third-order valence-electron chi connectivity index (χ3n) is 4.21. The SMILES string of the molecule is Brc1ccccc1COc1ccc(CNC2CCNCC2)cc1. The Morgan fingerprint density at radius 2 is 1.78 bits per heavy atom. The first-order valence-electron chi connectivity index (χ1n) is 8.20. The Morgan fingerprint density at radius 1 is 1.04 bits per heavy atom. The van der Waals surface area contributed by atoms with Crippen molar-refractivity contribution >= 4 is 15.9 Å². The molecule has 0 unspecified atom stereocenters. The van der Waals surface area contributed by atoms with Gasteiger partial charge in [0, 0.05) is 22.6 Å². The lowest BCUT2D eigenvalue weighted by Crippen LogP contribution is -2.39. The smallest absolute Gasteiger partial charge is 0.119 e. The lowest BCUT2D eigenvalue weighted by atomic mass is 10.1. The number of ether oxygens (including phenoxy) is 1. The van der Waals surface area contributed by atoms with Gasteiger partial charge in [0.05, 0.1) is 0 Å². The van der Waals surface area contributed by atoms with Gasteiger partial charge in [-0.25, -0.2) is 0 Å². The van der Waals surface area contributed by atoms with Gasteiger partial charge >= 0.3 is 0 Å². The third-order valence-corrected chi connectivity index (χ3v) is 4.98. The largest absolute Gasteiger partial charge is 0.489 e. The first-order valence-corrected chi connectivity index (χ1v) is 9.00. The van der Waals surface area contributed by atoms with E-state index in [-0.39, 0.29) is 0 Å². The maximum Gasteiger partial charge on any atom is 0.119 e. The van der Waals surface area contributed by atoms with Crippen LogP contribution in [0.2, 0.25) is 0 Å². The molecule has 1 aliphatic rings. The molecule has 0 amide bonds. The van der Waals surface area contributed by atoms with Crippen molar-refractivity contribution in [1.82, 2.24) is 10.6 Å². The van der Waals surface area contributed by atoms with Crippen LogP contribution in [0, 0.1) is 0 Å². The van der Waals surface area contributed by atoms with Gasteiger partial charge in [-0.1, -0.05) is 46.3 Å². The summed E-state index contributed by atoms with van der Waals surface area (Å²) in [6.45, 7) is 3.75. The zero-order chi connectivity index (χ0) is 15.9. The van der Waals surface area contributed by atoms with Crippen molar-refractivity contribution in [3.63, 3.8) is 0 Å². The number of rotatable bonds is 6. The van der Waals surface area contributed by atoms with Crippen LogP contribution in [0.4, 0.5) is 0 Å². The van der Waals surface area contributed by atoms with Crippen molar-refractivity contribution in [2.24, 2.45) is 0 Å². The van der Waals surface area contributed by atoms with Gasteiger partial charge in [-0.15, -0.1) is 0 Å². The molecule has 0 radical (unpaired) electrons. The number of nitrogens with one attached hydrogen (secondary N) is 2. The number of hydrogen-bond donors (Lipinski definition) is 2. The Hall–Kier alpha value is -1.36. The zero-order valence-electron chi connectivity index (χ0n) is 13.2. The summed E-state index contributed by atoms with van der Waals surface area (Å²) >= 11 is 3.55. The minimum Gasteiger partial charge on any atom is -0.489 e. The summed E-state index contributed by atoms with van der Waals surface area (Å²) in [5.74, 6) is 0.909. The molecule has 0 aromatic heterocycles. The second-order valence-corrected chi connectivity index (χ2v) is 6.78. The quantitative estimate of drug-likeness (QED) is 0.804. The van der Waals surface area contributed by atoms with E-state index in [0.29, 0.717) is 12.6 Å². The minimum absolute atomic E-state index is 0.577. The number of hydrogen-bond acceptors (Lipinski definition) is 3. The van der Waals surface area contributed by atoms with Crippen molar-refractivity contribution in [3.8, 4) is 5.75 Å². The van der Waals surface area contributed by atoms with E-state index in [4.69, 9.17) is 4.74 Å². The number of halogens is 1. The molecule has 3 nitrogen and oxygen atoms in total. The van der Waals surface area contributed by atoms with E-state index in [1.807, 2.05) is 18.2 Å². The Labute approximate surface area is 146 Å². The predicted molar refractivity (Wildman–Crippen MR) is 97.6 cm³/mol. The van der Waals surface area contributed by atoms with Crippen molar-refractivity contribution in [2.75, 3.05) is 13.1 Å². The summed E-state index contributed by atoms with van der Waals surface area (Å²) < 4.78 is 6.95. The van der Waals surface area contributed by atoms with Crippen molar-refractivity contribution in [3.05, 3.63) is 64.1 Å². The summed E-state index contributed by atoms with van der Waals surface area (Å²) in [5, 5.41) is 7.03. The highest BCUT2D eigenvalue weighted by molar-refractivity contribution is 9.10. The molecule has 0 atom stereocenters. The van der Waals surface area contributed by atoms with Crippen LogP contribution < -0.4 is 15.4 Å². The molecule has 2 N–H and O–H groups in total. The highest BCUT2D eigenvalue weighted by Gasteiger charge is 2.11. The molecule has 0 bridgehead atoms. The molecule has 3 rings (SSSR count). The van der Waals surface area contributed by atoms with Crippen LogP contribution in [0.5, 0.6) is 5.75 Å². The summed E-state index contributed by atoms with van der Waals surface area (Å²) in [6, 6.07) is 17.2. The normalized spacial score (nSPS) is 15.5. The lowest BCUT2D eigenvalue weighted by Gasteiger charge is -2.23. The highest BCUT2D eigenvalue weighted by Crippen LogP contribution is 2.19. The van der Waals surface area contributed by atoms with Crippen molar-refractivity contribution in [1.29, 1.82) is 0 Å². The van der Waals surface area contributed by atoms with Gasteiger partial charge in [0.25, 0.3) is 0 Å². The molecule has 122 valence electrons. The van der Waals surface area contributed by atoms with Gasteiger partial charge < -0.3 is 15.4 Å². The van der Waals surface area contributed by atoms with Crippen molar-refractivity contribution in [2.45, 2.75) is 32.0 Å². The molecule has 1 heterocycles. The fourth-order valence-corrected chi connectivity index (χ4v) is 3.17. The van der Waals surface area contributed by atoms with Gasteiger partial charge in [0.15, 0.2) is 0 Å². The average Bonchev–Trinajstić information content (AvgIpc) is 2.61. The predicted octanol–water partition coefficient (Wildman–Crippen LogP) is 3.87. The summed E-state index contributed by atoms with van der Waals surface area (Å²) in [7, 11) is 0. The maximum absolute atomic E-state index is 5.86. The lowest BCUT2D eigenvalue weighted by molar-refractivity contribution is 0.305. The summed E-state index contributed by atoms with van der Waals surface area (Å²) in [6.07, 6.45) is 2.43. The average molecular weight is 375 g/mol. The molecular weight excluding hydrogens is 352 g/mol. The van der Waals surface area contributed by atoms with Gasteiger partial charge in [-0.3, -0.25) is 0 Å². The third kappa shape index (κ3) is 5.06. The fraction of sp³-hybridized carbons (Fsp3) is 0.368. The van der Waals surface area contributed by atoms with Crippen LogP contribution in [0.15, 0.2) is 53.0 Å². The van der Waals surface area contributed by atoms with Crippen LogP contribution in [0.3, 0.4) is 0 Å². The van der Waals surface area contributed by atoms with E-state index in [9.17, 15) is 0 Å². The molecule has 2 aromatic carbocycles. The maximum atomic E-state index is 5.86. The van der Waals surface area contributed by atoms with Gasteiger partial charge in [-0.05, 0) is 49.7 Å². The molecule has 0 aliphatic carbocycles. The summed E-state index contributed by atoms with van der Waals surface area (Å²) in [4.78, 5) is 0. The van der Waals surface area contributed by atoms with Crippen LogP contribution in [-0.2, 0) is 13.2 Å². The molecule has 1 saturated heterocycles. The van der Waals surface area contributed by atoms with E-state index in [0.717, 1.165) is 35.4 Å². The monoisotopic (exact) mass is 374 g/mol. The molecule has 23 heavy (non-hydrogen) atoms. The number of piperidine rings is 1. The Balaban J connectivity index is 1.48. The van der Waals surface area contributed by atoms with E-state index < -0.39 is 0 Å². The van der Waals surface area contributed by atoms with E-state index in [2.05, 4.69) is 56.9 Å². The Bertz CT molecular complexity index is 609. The molecule has 1 fully saturated rings. The first kappa shape index (κ1) is 16.5. The van der Waals surface area contributed by atoms with Crippen LogP contribution in [0.25, 0.3) is 0 Å². The second kappa shape index (κ2) is 8.48.